The number of allylic oxidation sites excluding steroid dienone is 2. The summed E-state index contributed by atoms with van der Waals surface area (Å²) in [5, 5.41) is 11.3. The highest BCUT2D eigenvalue weighted by Crippen LogP contribution is 2.63. The molecule has 0 aromatic carbocycles. The quantitative estimate of drug-likeness (QED) is 0.571. The molecule has 2 aliphatic heterocycles. The summed E-state index contributed by atoms with van der Waals surface area (Å²) in [5.41, 5.74) is 2.92. The van der Waals surface area contributed by atoms with E-state index in [-0.39, 0.29) is 23.6 Å². The minimum atomic E-state index is -1.73. The number of ketones is 1. The van der Waals surface area contributed by atoms with Gasteiger partial charge in [0.15, 0.2) is 5.78 Å². The zero-order chi connectivity index (χ0) is 18.4. The number of Topliss-reactive ketones (excluding diaryl/α,β-unsaturated/α-hetero) is 1. The van der Waals surface area contributed by atoms with E-state index in [1.54, 1.807) is 0 Å². The van der Waals surface area contributed by atoms with Gasteiger partial charge in [-0.25, -0.2) is 9.68 Å². The summed E-state index contributed by atoms with van der Waals surface area (Å²) < 4.78 is 5.26. The van der Waals surface area contributed by atoms with Crippen LogP contribution in [0.3, 0.4) is 0 Å². The number of cyclic esters (lactones) is 1. The van der Waals surface area contributed by atoms with Crippen molar-refractivity contribution in [2.75, 3.05) is 6.61 Å². The minimum absolute atomic E-state index is 0.00123. The molecule has 1 fully saturated rings. The second kappa shape index (κ2) is 4.94. The normalized spacial score (nSPS) is 41.2. The molecule has 0 spiro atoms. The molecular weight excluding hydrogens is 336 g/mol. The van der Waals surface area contributed by atoms with Crippen LogP contribution in [0, 0.1) is 17.3 Å². The predicted molar refractivity (Wildman–Crippen MR) is 89.3 cm³/mol. The number of hydrogen-bond acceptors (Lipinski definition) is 6. The van der Waals surface area contributed by atoms with Gasteiger partial charge in [0.25, 0.3) is 0 Å². The molecule has 4 unspecified atom stereocenters. The second-order valence-electron chi connectivity index (χ2n) is 8.46. The Labute approximate surface area is 151 Å². The Balaban J connectivity index is 1.72. The summed E-state index contributed by atoms with van der Waals surface area (Å²) in [5.74, 6) is -2.03. The van der Waals surface area contributed by atoms with E-state index in [9.17, 15) is 14.7 Å². The lowest BCUT2D eigenvalue weighted by Gasteiger charge is -2.57. The number of rotatable bonds is 1. The first-order valence-corrected chi connectivity index (χ1v) is 9.25. The zero-order valence-electron chi connectivity index (χ0n) is 15.1. The highest BCUT2D eigenvalue weighted by Gasteiger charge is 2.64. The maximum atomic E-state index is 13.1. The number of aliphatic hydroxyl groups is 1. The monoisotopic (exact) mass is 358 g/mol. The molecule has 5 rings (SSSR count). The van der Waals surface area contributed by atoms with Crippen LogP contribution in [0.1, 0.15) is 40.0 Å². The Kier molecular flexibility index (Phi) is 3.12. The summed E-state index contributed by atoms with van der Waals surface area (Å²) in [4.78, 5) is 36.3. The molecule has 0 saturated carbocycles. The molecule has 1 N–H and O–H groups in total. The Morgan fingerprint density at radius 2 is 2.04 bits per heavy atom. The number of carbonyl (C=O) groups is 2. The lowest BCUT2D eigenvalue weighted by Crippen LogP contribution is -2.61. The summed E-state index contributed by atoms with van der Waals surface area (Å²) in [7, 11) is 0. The molecule has 0 bridgehead atoms. The maximum absolute atomic E-state index is 13.1. The lowest BCUT2D eigenvalue weighted by atomic mass is 9.52. The fourth-order valence-electron chi connectivity index (χ4n) is 5.62. The van der Waals surface area contributed by atoms with Gasteiger partial charge in [0, 0.05) is 34.1 Å². The van der Waals surface area contributed by atoms with Gasteiger partial charge in [0.2, 0.25) is 5.79 Å². The molecule has 0 aromatic rings. The Hall–Kier alpha value is -1.76. The summed E-state index contributed by atoms with van der Waals surface area (Å²) in [6.45, 7) is 6.18. The van der Waals surface area contributed by atoms with Gasteiger partial charge < -0.3 is 9.84 Å². The molecule has 138 valence electrons. The van der Waals surface area contributed by atoms with Crippen molar-refractivity contribution in [3.8, 4) is 0 Å². The molecule has 6 heteroatoms. The number of hydrogen-bond donors (Lipinski definition) is 1. The molecule has 0 amide bonds. The standard InChI is InChI=1S/C20H22O6/c1-9(2)12-7-20(23)17-10(16(12)21)4-5-14-13-8-24-18(22)11(13)6-15(25-26-20)19(14,17)3/h7,9,14-15,23H,4-6,8H2,1-3H3. The van der Waals surface area contributed by atoms with Gasteiger partial charge in [-0.15, -0.1) is 0 Å². The highest BCUT2D eigenvalue weighted by molar-refractivity contribution is 6.11. The fourth-order valence-corrected chi connectivity index (χ4v) is 5.62. The van der Waals surface area contributed by atoms with Crippen LogP contribution in [0.15, 0.2) is 33.9 Å². The van der Waals surface area contributed by atoms with E-state index in [4.69, 9.17) is 14.5 Å². The average Bonchev–Trinajstić information content (AvgIpc) is 2.95. The zero-order valence-corrected chi connectivity index (χ0v) is 15.1. The van der Waals surface area contributed by atoms with E-state index in [1.165, 1.54) is 6.08 Å². The van der Waals surface area contributed by atoms with E-state index in [0.29, 0.717) is 41.7 Å². The smallest absolute Gasteiger partial charge is 0.334 e. The third kappa shape index (κ3) is 1.77. The summed E-state index contributed by atoms with van der Waals surface area (Å²) >= 11 is 0. The number of ether oxygens (including phenoxy) is 1. The van der Waals surface area contributed by atoms with E-state index in [2.05, 4.69) is 0 Å². The molecule has 2 heterocycles. The van der Waals surface area contributed by atoms with Crippen LogP contribution in [-0.2, 0) is 24.1 Å². The van der Waals surface area contributed by atoms with Crippen molar-refractivity contribution < 1.29 is 29.2 Å². The van der Waals surface area contributed by atoms with Crippen LogP contribution >= 0.6 is 0 Å². The highest BCUT2D eigenvalue weighted by atomic mass is 17.2. The van der Waals surface area contributed by atoms with E-state index < -0.39 is 17.3 Å². The molecule has 1 saturated heterocycles. The Bertz CT molecular complexity index is 846. The number of fused-ring (bicyclic) bond motifs is 1. The fraction of sp³-hybridized carbons (Fsp3) is 0.600. The van der Waals surface area contributed by atoms with Crippen molar-refractivity contribution in [1.82, 2.24) is 0 Å². The molecule has 5 aliphatic rings. The van der Waals surface area contributed by atoms with Crippen LogP contribution in [0.2, 0.25) is 0 Å². The first kappa shape index (κ1) is 16.4. The van der Waals surface area contributed by atoms with Gasteiger partial charge in [-0.05, 0) is 36.3 Å². The van der Waals surface area contributed by atoms with Gasteiger partial charge in [-0.2, -0.15) is 4.89 Å². The molecule has 0 aromatic heterocycles. The Morgan fingerprint density at radius 3 is 2.77 bits per heavy atom. The molecule has 4 atom stereocenters. The number of carbonyl (C=O) groups excluding carboxylic acids is 2. The molecule has 3 aliphatic carbocycles. The third-order valence-electron chi connectivity index (χ3n) is 6.88. The molecule has 6 nitrogen and oxygen atoms in total. The van der Waals surface area contributed by atoms with Crippen molar-refractivity contribution in [3.63, 3.8) is 0 Å². The van der Waals surface area contributed by atoms with Crippen molar-refractivity contribution in [2.24, 2.45) is 17.3 Å². The first-order valence-electron chi connectivity index (χ1n) is 9.25. The first-order chi connectivity index (χ1) is 12.3. The largest absolute Gasteiger partial charge is 0.458 e. The topological polar surface area (TPSA) is 82.1 Å². The van der Waals surface area contributed by atoms with Gasteiger partial charge in [-0.3, -0.25) is 4.79 Å². The Morgan fingerprint density at radius 1 is 1.27 bits per heavy atom. The summed E-state index contributed by atoms with van der Waals surface area (Å²) in [6.07, 6.45) is 2.76. The van der Waals surface area contributed by atoms with Crippen LogP contribution < -0.4 is 0 Å². The van der Waals surface area contributed by atoms with Crippen LogP contribution in [0.25, 0.3) is 0 Å². The van der Waals surface area contributed by atoms with Gasteiger partial charge in [0.1, 0.15) is 12.7 Å². The van der Waals surface area contributed by atoms with Crippen LogP contribution in [-0.4, -0.2) is 35.4 Å². The molecular formula is C20H22O6. The van der Waals surface area contributed by atoms with E-state index >= 15 is 0 Å². The van der Waals surface area contributed by atoms with Crippen molar-refractivity contribution in [3.05, 3.63) is 33.9 Å². The summed E-state index contributed by atoms with van der Waals surface area (Å²) in [6, 6.07) is 0. The van der Waals surface area contributed by atoms with Crippen LogP contribution in [0.4, 0.5) is 0 Å². The van der Waals surface area contributed by atoms with Gasteiger partial charge in [-0.1, -0.05) is 20.8 Å². The van der Waals surface area contributed by atoms with Crippen molar-refractivity contribution in [1.29, 1.82) is 0 Å². The second-order valence-corrected chi connectivity index (χ2v) is 8.46. The lowest BCUT2D eigenvalue weighted by molar-refractivity contribution is -0.449. The molecule has 26 heavy (non-hydrogen) atoms. The number of esters is 1. The minimum Gasteiger partial charge on any atom is -0.458 e. The van der Waals surface area contributed by atoms with Gasteiger partial charge >= 0.3 is 5.97 Å². The van der Waals surface area contributed by atoms with Crippen LogP contribution in [0.5, 0.6) is 0 Å². The average molecular weight is 358 g/mol. The van der Waals surface area contributed by atoms with Crippen molar-refractivity contribution in [2.45, 2.75) is 51.9 Å². The molecule has 0 radical (unpaired) electrons. The third-order valence-corrected chi connectivity index (χ3v) is 6.88. The van der Waals surface area contributed by atoms with E-state index in [0.717, 1.165) is 12.0 Å². The predicted octanol–water partition coefficient (Wildman–Crippen LogP) is 2.14. The van der Waals surface area contributed by atoms with Gasteiger partial charge in [0.05, 0.1) is 0 Å². The van der Waals surface area contributed by atoms with E-state index in [1.807, 2.05) is 20.8 Å². The maximum Gasteiger partial charge on any atom is 0.334 e. The SMILES string of the molecule is CC(C)C1=CC2(O)OOC3CC4=C(COC4=O)C4CCC(=C2C34C)C1=O. The van der Waals surface area contributed by atoms with Crippen molar-refractivity contribution >= 4 is 11.8 Å².